The van der Waals surface area contributed by atoms with Gasteiger partial charge < -0.3 is 9.47 Å². The lowest BCUT2D eigenvalue weighted by molar-refractivity contribution is 0.112. The molecule has 0 unspecified atom stereocenters. The van der Waals surface area contributed by atoms with Crippen molar-refractivity contribution in [3.8, 4) is 22.6 Å². The van der Waals surface area contributed by atoms with E-state index in [1.165, 1.54) is 26.4 Å². The Morgan fingerprint density at radius 1 is 1.15 bits per heavy atom. The lowest BCUT2D eigenvalue weighted by atomic mass is 10.0. The van der Waals surface area contributed by atoms with E-state index in [2.05, 4.69) is 0 Å². The van der Waals surface area contributed by atoms with Crippen LogP contribution in [-0.2, 0) is 0 Å². The molecule has 0 fully saturated rings. The molecule has 0 bridgehead atoms. The molecule has 5 heteroatoms. The molecule has 2 aromatic rings. The van der Waals surface area contributed by atoms with Gasteiger partial charge in [0.1, 0.15) is 22.3 Å². The van der Waals surface area contributed by atoms with Crippen molar-refractivity contribution in [3.05, 3.63) is 46.7 Å². The fraction of sp³-hybridized carbons (Fsp3) is 0.133. The van der Waals surface area contributed by atoms with Crippen molar-refractivity contribution in [3.63, 3.8) is 0 Å². The van der Waals surface area contributed by atoms with Crippen LogP contribution in [0.25, 0.3) is 11.1 Å². The molecule has 0 atom stereocenters. The van der Waals surface area contributed by atoms with Gasteiger partial charge in [-0.3, -0.25) is 4.79 Å². The van der Waals surface area contributed by atoms with Crippen LogP contribution in [0.2, 0.25) is 5.02 Å². The maximum absolute atomic E-state index is 13.4. The van der Waals surface area contributed by atoms with E-state index in [0.717, 1.165) is 0 Å². The number of benzene rings is 2. The minimum absolute atomic E-state index is 0.0171. The summed E-state index contributed by atoms with van der Waals surface area (Å²) < 4.78 is 23.8. The molecule has 0 saturated carbocycles. The smallest absolute Gasteiger partial charge is 0.153 e. The minimum atomic E-state index is -0.567. The van der Waals surface area contributed by atoms with Gasteiger partial charge in [-0.1, -0.05) is 17.7 Å². The normalized spacial score (nSPS) is 10.2. The van der Waals surface area contributed by atoms with E-state index >= 15 is 0 Å². The van der Waals surface area contributed by atoms with Gasteiger partial charge >= 0.3 is 0 Å². The molecule has 0 amide bonds. The van der Waals surface area contributed by atoms with Crippen LogP contribution in [0, 0.1) is 5.82 Å². The first-order chi connectivity index (χ1) is 9.62. The molecule has 0 radical (unpaired) electrons. The molecule has 0 aromatic heterocycles. The highest BCUT2D eigenvalue weighted by molar-refractivity contribution is 6.34. The summed E-state index contributed by atoms with van der Waals surface area (Å²) in [5.41, 5.74) is 1.27. The number of ether oxygens (including phenoxy) is 2. The maximum Gasteiger partial charge on any atom is 0.153 e. The van der Waals surface area contributed by atoms with Gasteiger partial charge in [0.15, 0.2) is 6.29 Å². The molecule has 0 aliphatic heterocycles. The third-order valence-corrected chi connectivity index (χ3v) is 3.28. The average molecular weight is 295 g/mol. The van der Waals surface area contributed by atoms with Gasteiger partial charge in [0.25, 0.3) is 0 Å². The van der Waals surface area contributed by atoms with Gasteiger partial charge in [-0.25, -0.2) is 4.39 Å². The van der Waals surface area contributed by atoms with Gasteiger partial charge in [-0.2, -0.15) is 0 Å². The zero-order valence-electron chi connectivity index (χ0n) is 10.9. The van der Waals surface area contributed by atoms with Crippen LogP contribution in [0.1, 0.15) is 10.4 Å². The Kier molecular flexibility index (Phi) is 4.25. The van der Waals surface area contributed by atoms with Crippen molar-refractivity contribution < 1.29 is 18.7 Å². The summed E-state index contributed by atoms with van der Waals surface area (Å²) in [6.07, 6.45) is 0.469. The molecule has 3 nitrogen and oxygen atoms in total. The van der Waals surface area contributed by atoms with Crippen molar-refractivity contribution in [1.29, 1.82) is 0 Å². The lowest BCUT2D eigenvalue weighted by Crippen LogP contribution is -1.94. The van der Waals surface area contributed by atoms with Crippen molar-refractivity contribution in [2.24, 2.45) is 0 Å². The van der Waals surface area contributed by atoms with Crippen LogP contribution in [0.5, 0.6) is 11.5 Å². The maximum atomic E-state index is 13.4. The van der Waals surface area contributed by atoms with Gasteiger partial charge in [0.05, 0.1) is 19.8 Å². The second-order valence-electron chi connectivity index (χ2n) is 4.02. The van der Waals surface area contributed by atoms with Gasteiger partial charge in [0, 0.05) is 5.56 Å². The Hall–Kier alpha value is -2.07. The fourth-order valence-electron chi connectivity index (χ4n) is 1.92. The van der Waals surface area contributed by atoms with Crippen molar-refractivity contribution in [1.82, 2.24) is 0 Å². The Morgan fingerprint density at radius 3 is 2.50 bits per heavy atom. The summed E-state index contributed by atoms with van der Waals surface area (Å²) in [4.78, 5) is 10.8. The summed E-state index contributed by atoms with van der Waals surface area (Å²) in [6.45, 7) is 0. The van der Waals surface area contributed by atoms with Crippen LogP contribution in [-0.4, -0.2) is 20.5 Å². The average Bonchev–Trinajstić information content (AvgIpc) is 2.47. The highest BCUT2D eigenvalue weighted by Crippen LogP contribution is 2.41. The first-order valence-electron chi connectivity index (χ1n) is 5.78. The quantitative estimate of drug-likeness (QED) is 0.800. The molecule has 2 aromatic carbocycles. The molecule has 0 aliphatic rings. The molecular formula is C15H12ClFO3. The van der Waals surface area contributed by atoms with E-state index in [1.54, 1.807) is 18.2 Å². The Balaban J connectivity index is 2.63. The molecule has 2 rings (SSSR count). The summed E-state index contributed by atoms with van der Waals surface area (Å²) in [5.74, 6) is 0.321. The summed E-state index contributed by atoms with van der Waals surface area (Å²) in [5, 5.41) is 0.324. The third kappa shape index (κ3) is 2.47. The van der Waals surface area contributed by atoms with Crippen molar-refractivity contribution >= 4 is 17.9 Å². The van der Waals surface area contributed by atoms with Gasteiger partial charge in [0.2, 0.25) is 0 Å². The van der Waals surface area contributed by atoms with E-state index in [4.69, 9.17) is 21.1 Å². The predicted octanol–water partition coefficient (Wildman–Crippen LogP) is 3.98. The van der Waals surface area contributed by atoms with Crippen LogP contribution < -0.4 is 9.47 Å². The van der Waals surface area contributed by atoms with E-state index in [9.17, 15) is 9.18 Å². The standard InChI is InChI=1S/C15H12ClFO3/c1-19-13-6-4-11(15(20-2)14(13)16)9-3-5-12(17)10(7-9)8-18/h3-8H,1-2H3. The molecule has 0 saturated heterocycles. The highest BCUT2D eigenvalue weighted by atomic mass is 35.5. The molecule has 104 valence electrons. The van der Waals surface area contributed by atoms with Crippen molar-refractivity contribution in [2.45, 2.75) is 0 Å². The molecular weight excluding hydrogens is 283 g/mol. The number of aldehydes is 1. The summed E-state index contributed by atoms with van der Waals surface area (Å²) in [6, 6.07) is 7.66. The molecule has 0 spiro atoms. The van der Waals surface area contributed by atoms with E-state index in [1.807, 2.05) is 0 Å². The first kappa shape index (κ1) is 14.3. The van der Waals surface area contributed by atoms with E-state index < -0.39 is 5.82 Å². The zero-order valence-corrected chi connectivity index (χ0v) is 11.7. The van der Waals surface area contributed by atoms with E-state index in [-0.39, 0.29) is 5.56 Å². The van der Waals surface area contributed by atoms with Crippen LogP contribution in [0.3, 0.4) is 0 Å². The third-order valence-electron chi connectivity index (χ3n) is 2.92. The SMILES string of the molecule is COc1ccc(-c2ccc(F)c(C=O)c2)c(OC)c1Cl. The van der Waals surface area contributed by atoms with E-state index in [0.29, 0.717) is 33.9 Å². The number of hydrogen-bond acceptors (Lipinski definition) is 3. The zero-order chi connectivity index (χ0) is 14.7. The molecule has 0 N–H and O–H groups in total. The number of carbonyl (C=O) groups excluding carboxylic acids is 1. The number of methoxy groups -OCH3 is 2. The Bertz CT molecular complexity index is 656. The Morgan fingerprint density at radius 2 is 1.90 bits per heavy atom. The van der Waals surface area contributed by atoms with Crippen LogP contribution >= 0.6 is 11.6 Å². The van der Waals surface area contributed by atoms with Crippen molar-refractivity contribution in [2.75, 3.05) is 14.2 Å². The molecule has 20 heavy (non-hydrogen) atoms. The largest absolute Gasteiger partial charge is 0.495 e. The minimum Gasteiger partial charge on any atom is -0.495 e. The van der Waals surface area contributed by atoms with Crippen LogP contribution in [0.15, 0.2) is 30.3 Å². The molecule has 0 heterocycles. The first-order valence-corrected chi connectivity index (χ1v) is 6.15. The summed E-state index contributed by atoms with van der Waals surface area (Å²) >= 11 is 6.18. The monoisotopic (exact) mass is 294 g/mol. The Labute approximate surface area is 120 Å². The number of rotatable bonds is 4. The lowest BCUT2D eigenvalue weighted by Gasteiger charge is -2.13. The molecule has 0 aliphatic carbocycles. The fourth-order valence-corrected chi connectivity index (χ4v) is 2.24. The van der Waals surface area contributed by atoms with Gasteiger partial charge in [-0.15, -0.1) is 0 Å². The highest BCUT2D eigenvalue weighted by Gasteiger charge is 2.15. The predicted molar refractivity (Wildman–Crippen MR) is 75.3 cm³/mol. The second-order valence-corrected chi connectivity index (χ2v) is 4.39. The van der Waals surface area contributed by atoms with Crippen LogP contribution in [0.4, 0.5) is 4.39 Å². The summed E-state index contributed by atoms with van der Waals surface area (Å²) in [7, 11) is 2.98. The number of carbonyl (C=O) groups is 1. The second kappa shape index (κ2) is 5.92. The number of hydrogen-bond donors (Lipinski definition) is 0. The topological polar surface area (TPSA) is 35.5 Å². The van der Waals surface area contributed by atoms with Gasteiger partial charge in [-0.05, 0) is 29.8 Å². The number of halogens is 2.